The molecule has 70 valence electrons. The summed E-state index contributed by atoms with van der Waals surface area (Å²) < 4.78 is 4.96. The molecule has 0 unspecified atom stereocenters. The van der Waals surface area contributed by atoms with E-state index >= 15 is 0 Å². The molecule has 0 aromatic heterocycles. The molecular weight excluding hydrogens is 158 g/mol. The molecule has 12 heavy (non-hydrogen) atoms. The highest BCUT2D eigenvalue weighted by molar-refractivity contribution is 5.68. The highest BCUT2D eigenvalue weighted by Crippen LogP contribution is 2.10. The van der Waals surface area contributed by atoms with E-state index in [9.17, 15) is 4.79 Å². The van der Waals surface area contributed by atoms with Crippen LogP contribution in [0.15, 0.2) is 0 Å². The van der Waals surface area contributed by atoms with E-state index in [4.69, 9.17) is 9.84 Å². The lowest BCUT2D eigenvalue weighted by atomic mass is 10.3. The lowest BCUT2D eigenvalue weighted by Crippen LogP contribution is -2.31. The van der Waals surface area contributed by atoms with E-state index in [0.717, 1.165) is 0 Å². The first-order valence-electron chi connectivity index (χ1n) is 4.23. The number of nitrogens with zero attached hydrogens (tertiary/aromatic N) is 1. The molecule has 4 heteroatoms. The molecule has 1 N–H and O–H groups in total. The summed E-state index contributed by atoms with van der Waals surface area (Å²) in [4.78, 5) is 12.7. The van der Waals surface area contributed by atoms with Gasteiger partial charge in [-0.25, -0.2) is 4.79 Å². The maximum absolute atomic E-state index is 11.2. The Hall–Kier alpha value is -0.770. The summed E-state index contributed by atoms with van der Waals surface area (Å²) in [7, 11) is 0. The Morgan fingerprint density at radius 2 is 2.33 bits per heavy atom. The van der Waals surface area contributed by atoms with E-state index < -0.39 is 0 Å². The number of aliphatic hydroxyl groups is 1. The van der Waals surface area contributed by atoms with Crippen molar-refractivity contribution < 1.29 is 14.6 Å². The van der Waals surface area contributed by atoms with Crippen LogP contribution in [0.3, 0.4) is 0 Å². The number of carbonyl (C=O) groups excluding carboxylic acids is 1. The summed E-state index contributed by atoms with van der Waals surface area (Å²) in [5, 5.41) is 9.13. The molecule has 1 aliphatic heterocycles. The molecule has 0 radical (unpaired) electrons. The normalized spacial score (nSPS) is 23.3. The van der Waals surface area contributed by atoms with Crippen molar-refractivity contribution in [1.29, 1.82) is 0 Å². The molecule has 0 spiro atoms. The van der Waals surface area contributed by atoms with Gasteiger partial charge < -0.3 is 14.7 Å². The SMILES string of the molecule is CC(C)OC(=O)N1CC[C@@H](O)C1. The summed E-state index contributed by atoms with van der Waals surface area (Å²) in [5.41, 5.74) is 0. The second kappa shape index (κ2) is 3.76. The number of carbonyl (C=O) groups is 1. The molecule has 0 aromatic rings. The third-order valence-corrected chi connectivity index (χ3v) is 1.76. The Kier molecular flexibility index (Phi) is 2.92. The number of likely N-dealkylation sites (tertiary alicyclic amines) is 1. The van der Waals surface area contributed by atoms with Gasteiger partial charge in [0.15, 0.2) is 0 Å². The minimum absolute atomic E-state index is 0.0877. The third-order valence-electron chi connectivity index (χ3n) is 1.76. The molecule has 0 aliphatic carbocycles. The average Bonchev–Trinajstić information content (AvgIpc) is 2.34. The number of β-amino-alcohol motifs (C(OH)–C–C–N with tert-alkyl or cyclic N) is 1. The summed E-state index contributed by atoms with van der Waals surface area (Å²) in [6.45, 7) is 4.63. The van der Waals surface area contributed by atoms with Gasteiger partial charge in [-0.1, -0.05) is 0 Å². The summed E-state index contributed by atoms with van der Waals surface area (Å²) >= 11 is 0. The average molecular weight is 173 g/mol. The van der Waals surface area contributed by atoms with Gasteiger partial charge in [0.1, 0.15) is 0 Å². The molecule has 1 amide bonds. The van der Waals surface area contributed by atoms with Crippen molar-refractivity contribution >= 4 is 6.09 Å². The number of ether oxygens (including phenoxy) is 1. The van der Waals surface area contributed by atoms with Gasteiger partial charge >= 0.3 is 6.09 Å². The fourth-order valence-corrected chi connectivity index (χ4v) is 1.18. The molecule has 1 rings (SSSR count). The van der Waals surface area contributed by atoms with Crippen molar-refractivity contribution in [2.75, 3.05) is 13.1 Å². The van der Waals surface area contributed by atoms with Crippen LogP contribution in [0.2, 0.25) is 0 Å². The molecule has 1 aliphatic rings. The van der Waals surface area contributed by atoms with Gasteiger partial charge in [0, 0.05) is 13.1 Å². The van der Waals surface area contributed by atoms with Gasteiger partial charge in [-0.2, -0.15) is 0 Å². The Bertz CT molecular complexity index is 170. The van der Waals surface area contributed by atoms with Gasteiger partial charge in [-0.05, 0) is 20.3 Å². The smallest absolute Gasteiger partial charge is 0.410 e. The first kappa shape index (κ1) is 9.32. The van der Waals surface area contributed by atoms with Gasteiger partial charge in [0.2, 0.25) is 0 Å². The van der Waals surface area contributed by atoms with Gasteiger partial charge in [0.05, 0.1) is 12.2 Å². The van der Waals surface area contributed by atoms with Crippen LogP contribution < -0.4 is 0 Å². The van der Waals surface area contributed by atoms with Crippen LogP contribution in [0, 0.1) is 0 Å². The van der Waals surface area contributed by atoms with Crippen molar-refractivity contribution in [3.05, 3.63) is 0 Å². The van der Waals surface area contributed by atoms with Crippen LogP contribution in [-0.4, -0.2) is 41.4 Å². The summed E-state index contributed by atoms with van der Waals surface area (Å²) in [6.07, 6.45) is -0.116. The van der Waals surface area contributed by atoms with Gasteiger partial charge in [-0.15, -0.1) is 0 Å². The van der Waals surface area contributed by atoms with E-state index in [-0.39, 0.29) is 18.3 Å². The Morgan fingerprint density at radius 3 is 2.75 bits per heavy atom. The number of aliphatic hydroxyl groups excluding tert-OH is 1. The van der Waals surface area contributed by atoms with Crippen LogP contribution in [-0.2, 0) is 4.74 Å². The van der Waals surface area contributed by atoms with E-state index in [1.807, 2.05) is 13.8 Å². The minimum atomic E-state index is -0.371. The topological polar surface area (TPSA) is 49.8 Å². The zero-order valence-corrected chi connectivity index (χ0v) is 7.49. The van der Waals surface area contributed by atoms with Crippen molar-refractivity contribution in [2.24, 2.45) is 0 Å². The van der Waals surface area contributed by atoms with Crippen molar-refractivity contribution in [3.63, 3.8) is 0 Å². The van der Waals surface area contributed by atoms with Crippen molar-refractivity contribution in [2.45, 2.75) is 32.5 Å². The maximum Gasteiger partial charge on any atom is 0.410 e. The maximum atomic E-state index is 11.2. The lowest BCUT2D eigenvalue weighted by Gasteiger charge is -2.17. The third kappa shape index (κ3) is 2.37. The van der Waals surface area contributed by atoms with Gasteiger partial charge in [0.25, 0.3) is 0 Å². The number of rotatable bonds is 1. The van der Waals surface area contributed by atoms with E-state index in [1.165, 1.54) is 4.90 Å². The Labute approximate surface area is 72.1 Å². The number of amides is 1. The highest BCUT2D eigenvalue weighted by atomic mass is 16.6. The molecule has 0 aromatic carbocycles. The fraction of sp³-hybridized carbons (Fsp3) is 0.875. The van der Waals surface area contributed by atoms with Crippen LogP contribution in [0.5, 0.6) is 0 Å². The molecule has 1 heterocycles. The number of hydrogen-bond donors (Lipinski definition) is 1. The molecule has 1 atom stereocenters. The molecule has 4 nitrogen and oxygen atoms in total. The molecule has 0 bridgehead atoms. The Balaban J connectivity index is 2.33. The van der Waals surface area contributed by atoms with Crippen molar-refractivity contribution in [3.8, 4) is 0 Å². The van der Waals surface area contributed by atoms with Crippen LogP contribution >= 0.6 is 0 Å². The van der Waals surface area contributed by atoms with Crippen LogP contribution in [0.1, 0.15) is 20.3 Å². The molecule has 1 fully saturated rings. The van der Waals surface area contributed by atoms with Crippen LogP contribution in [0.25, 0.3) is 0 Å². The predicted octanol–water partition coefficient (Wildman–Crippen LogP) is 0.598. The van der Waals surface area contributed by atoms with E-state index in [1.54, 1.807) is 0 Å². The standard InChI is InChI=1S/C8H15NO3/c1-6(2)12-8(11)9-4-3-7(10)5-9/h6-7,10H,3-5H2,1-2H3/t7-/m1/s1. The van der Waals surface area contributed by atoms with Crippen LogP contribution in [0.4, 0.5) is 4.79 Å². The molecule has 0 saturated carbocycles. The second-order valence-electron chi connectivity index (χ2n) is 3.32. The highest BCUT2D eigenvalue weighted by Gasteiger charge is 2.25. The number of hydrogen-bond acceptors (Lipinski definition) is 3. The molecule has 1 saturated heterocycles. The predicted molar refractivity (Wildman–Crippen MR) is 43.8 cm³/mol. The summed E-state index contributed by atoms with van der Waals surface area (Å²) in [5.74, 6) is 0. The van der Waals surface area contributed by atoms with Crippen molar-refractivity contribution in [1.82, 2.24) is 4.90 Å². The lowest BCUT2D eigenvalue weighted by molar-refractivity contribution is 0.0784. The minimum Gasteiger partial charge on any atom is -0.447 e. The molecular formula is C8H15NO3. The first-order chi connectivity index (χ1) is 5.59. The first-order valence-corrected chi connectivity index (χ1v) is 4.23. The zero-order valence-electron chi connectivity index (χ0n) is 7.49. The largest absolute Gasteiger partial charge is 0.447 e. The fourth-order valence-electron chi connectivity index (χ4n) is 1.18. The quantitative estimate of drug-likeness (QED) is 0.631. The summed E-state index contributed by atoms with van der Waals surface area (Å²) in [6, 6.07) is 0. The van der Waals surface area contributed by atoms with E-state index in [0.29, 0.717) is 19.5 Å². The van der Waals surface area contributed by atoms with E-state index in [2.05, 4.69) is 0 Å². The Morgan fingerprint density at radius 1 is 1.67 bits per heavy atom. The zero-order chi connectivity index (χ0) is 9.14. The monoisotopic (exact) mass is 173 g/mol. The van der Waals surface area contributed by atoms with Gasteiger partial charge in [-0.3, -0.25) is 0 Å². The second-order valence-corrected chi connectivity index (χ2v) is 3.32.